The third-order valence-electron chi connectivity index (χ3n) is 2.77. The summed E-state index contributed by atoms with van der Waals surface area (Å²) in [6, 6.07) is 12.7. The van der Waals surface area contributed by atoms with Crippen molar-refractivity contribution < 1.29 is 4.74 Å². The second-order valence-corrected chi connectivity index (χ2v) is 6.51. The number of fused-ring (bicyclic) bond motifs is 1. The third-order valence-corrected chi connectivity index (χ3v) is 3.26. The molecule has 0 aliphatic heterocycles. The van der Waals surface area contributed by atoms with E-state index in [2.05, 4.69) is 78.4 Å². The quantitative estimate of drug-likeness (QED) is 0.814. The SMILES string of the molecule is CC(C)(C)OCCNc1ccc2cc(Br)ccc2c1. The first kappa shape index (κ1) is 14.4. The van der Waals surface area contributed by atoms with E-state index < -0.39 is 0 Å². The number of halogens is 1. The Labute approximate surface area is 123 Å². The maximum Gasteiger partial charge on any atom is 0.0646 e. The Morgan fingerprint density at radius 2 is 1.74 bits per heavy atom. The van der Waals surface area contributed by atoms with Crippen molar-refractivity contribution in [2.24, 2.45) is 0 Å². The maximum absolute atomic E-state index is 5.69. The Balaban J connectivity index is 1.96. The molecule has 0 aliphatic carbocycles. The molecule has 0 bridgehead atoms. The van der Waals surface area contributed by atoms with E-state index in [1.165, 1.54) is 10.8 Å². The van der Waals surface area contributed by atoms with Gasteiger partial charge in [-0.05, 0) is 55.8 Å². The third kappa shape index (κ3) is 4.51. The van der Waals surface area contributed by atoms with Crippen LogP contribution in [0.15, 0.2) is 40.9 Å². The normalized spacial score (nSPS) is 11.8. The van der Waals surface area contributed by atoms with E-state index in [1.54, 1.807) is 0 Å². The van der Waals surface area contributed by atoms with Gasteiger partial charge in [-0.2, -0.15) is 0 Å². The molecule has 0 heterocycles. The molecule has 0 aromatic heterocycles. The van der Waals surface area contributed by atoms with E-state index in [4.69, 9.17) is 4.74 Å². The van der Waals surface area contributed by atoms with Gasteiger partial charge >= 0.3 is 0 Å². The molecule has 102 valence electrons. The van der Waals surface area contributed by atoms with Crippen molar-refractivity contribution in [3.8, 4) is 0 Å². The molecular formula is C16H20BrNO. The van der Waals surface area contributed by atoms with Crippen molar-refractivity contribution in [1.82, 2.24) is 0 Å². The van der Waals surface area contributed by atoms with Crippen LogP contribution in [-0.2, 0) is 4.74 Å². The first-order chi connectivity index (χ1) is 8.94. The lowest BCUT2D eigenvalue weighted by molar-refractivity contribution is 0.00333. The average molecular weight is 322 g/mol. The summed E-state index contributed by atoms with van der Waals surface area (Å²) in [5.74, 6) is 0. The van der Waals surface area contributed by atoms with Crippen LogP contribution < -0.4 is 5.32 Å². The van der Waals surface area contributed by atoms with Gasteiger partial charge in [-0.25, -0.2) is 0 Å². The Hall–Kier alpha value is -1.06. The molecule has 0 radical (unpaired) electrons. The van der Waals surface area contributed by atoms with Gasteiger partial charge in [0.15, 0.2) is 0 Å². The number of hydrogen-bond acceptors (Lipinski definition) is 2. The first-order valence-electron chi connectivity index (χ1n) is 6.51. The van der Waals surface area contributed by atoms with Crippen LogP contribution in [0.25, 0.3) is 10.8 Å². The van der Waals surface area contributed by atoms with Crippen LogP contribution in [0.1, 0.15) is 20.8 Å². The number of benzene rings is 2. The first-order valence-corrected chi connectivity index (χ1v) is 7.30. The van der Waals surface area contributed by atoms with Crippen molar-refractivity contribution in [2.75, 3.05) is 18.5 Å². The minimum atomic E-state index is -0.0721. The molecule has 3 heteroatoms. The molecular weight excluding hydrogens is 302 g/mol. The zero-order valence-corrected chi connectivity index (χ0v) is 13.3. The van der Waals surface area contributed by atoms with E-state index in [9.17, 15) is 0 Å². The zero-order chi connectivity index (χ0) is 13.9. The predicted molar refractivity (Wildman–Crippen MR) is 85.8 cm³/mol. The fraction of sp³-hybridized carbons (Fsp3) is 0.375. The fourth-order valence-corrected chi connectivity index (χ4v) is 2.26. The largest absolute Gasteiger partial charge is 0.383 e. The number of anilines is 1. The molecule has 0 atom stereocenters. The summed E-state index contributed by atoms with van der Waals surface area (Å²) in [4.78, 5) is 0. The summed E-state index contributed by atoms with van der Waals surface area (Å²) >= 11 is 3.49. The second kappa shape index (κ2) is 5.93. The molecule has 2 nitrogen and oxygen atoms in total. The fourth-order valence-electron chi connectivity index (χ4n) is 1.88. The van der Waals surface area contributed by atoms with E-state index >= 15 is 0 Å². The van der Waals surface area contributed by atoms with Gasteiger partial charge in [0.05, 0.1) is 12.2 Å². The summed E-state index contributed by atoms with van der Waals surface area (Å²) in [6.07, 6.45) is 0. The van der Waals surface area contributed by atoms with Crippen molar-refractivity contribution in [1.29, 1.82) is 0 Å². The maximum atomic E-state index is 5.69. The molecule has 2 aromatic rings. The van der Waals surface area contributed by atoms with E-state index in [-0.39, 0.29) is 5.60 Å². The number of hydrogen-bond donors (Lipinski definition) is 1. The number of rotatable bonds is 4. The van der Waals surface area contributed by atoms with Crippen molar-refractivity contribution in [3.05, 3.63) is 40.9 Å². The average Bonchev–Trinajstić information content (AvgIpc) is 2.33. The topological polar surface area (TPSA) is 21.3 Å². The van der Waals surface area contributed by atoms with E-state index in [0.29, 0.717) is 6.61 Å². The van der Waals surface area contributed by atoms with Crippen molar-refractivity contribution in [3.63, 3.8) is 0 Å². The van der Waals surface area contributed by atoms with E-state index in [1.807, 2.05) is 0 Å². The van der Waals surface area contributed by atoms with E-state index in [0.717, 1.165) is 16.7 Å². The second-order valence-electron chi connectivity index (χ2n) is 5.59. The lowest BCUT2D eigenvalue weighted by Crippen LogP contribution is -2.23. The van der Waals surface area contributed by atoms with Crippen LogP contribution in [0.5, 0.6) is 0 Å². The molecule has 0 spiro atoms. The van der Waals surface area contributed by atoms with Gasteiger partial charge in [-0.15, -0.1) is 0 Å². The van der Waals surface area contributed by atoms with Crippen LogP contribution >= 0.6 is 15.9 Å². The molecule has 0 amide bonds. The highest BCUT2D eigenvalue weighted by molar-refractivity contribution is 9.10. The van der Waals surface area contributed by atoms with Crippen molar-refractivity contribution >= 4 is 32.4 Å². The Bertz CT molecular complexity index is 560. The Kier molecular flexibility index (Phi) is 4.48. The molecule has 0 saturated carbocycles. The standard InChI is InChI=1S/C16H20BrNO/c1-16(2,3)19-9-8-18-15-7-5-12-10-14(17)6-4-13(12)11-15/h4-7,10-11,18H,8-9H2,1-3H3. The predicted octanol–water partition coefficient (Wildman–Crippen LogP) is 4.83. The molecule has 1 N–H and O–H groups in total. The summed E-state index contributed by atoms with van der Waals surface area (Å²) < 4.78 is 6.80. The highest BCUT2D eigenvalue weighted by Gasteiger charge is 2.08. The molecule has 0 unspecified atom stereocenters. The van der Waals surface area contributed by atoms with Gasteiger partial charge in [0, 0.05) is 16.7 Å². The zero-order valence-electron chi connectivity index (χ0n) is 11.7. The molecule has 0 aliphatic rings. The number of nitrogens with one attached hydrogen (secondary N) is 1. The van der Waals surface area contributed by atoms with Gasteiger partial charge in [0.1, 0.15) is 0 Å². The van der Waals surface area contributed by atoms with Crippen LogP contribution in [0.4, 0.5) is 5.69 Å². The summed E-state index contributed by atoms with van der Waals surface area (Å²) in [6.45, 7) is 7.74. The monoisotopic (exact) mass is 321 g/mol. The minimum absolute atomic E-state index is 0.0721. The molecule has 19 heavy (non-hydrogen) atoms. The lowest BCUT2D eigenvalue weighted by atomic mass is 10.1. The minimum Gasteiger partial charge on any atom is -0.383 e. The Morgan fingerprint density at radius 1 is 1.05 bits per heavy atom. The summed E-state index contributed by atoms with van der Waals surface area (Å²) in [7, 11) is 0. The molecule has 2 aromatic carbocycles. The van der Waals surface area contributed by atoms with Crippen LogP contribution in [0, 0.1) is 0 Å². The van der Waals surface area contributed by atoms with Crippen molar-refractivity contribution in [2.45, 2.75) is 26.4 Å². The van der Waals surface area contributed by atoms with Crippen LogP contribution in [-0.4, -0.2) is 18.8 Å². The molecule has 0 fully saturated rings. The van der Waals surface area contributed by atoms with Gasteiger partial charge in [-0.3, -0.25) is 0 Å². The summed E-state index contributed by atoms with van der Waals surface area (Å²) in [5, 5.41) is 5.87. The smallest absolute Gasteiger partial charge is 0.0646 e. The van der Waals surface area contributed by atoms with Gasteiger partial charge in [-0.1, -0.05) is 28.1 Å². The van der Waals surface area contributed by atoms with Gasteiger partial charge in [0.2, 0.25) is 0 Å². The van der Waals surface area contributed by atoms with Gasteiger partial charge in [0.25, 0.3) is 0 Å². The highest BCUT2D eigenvalue weighted by atomic mass is 79.9. The molecule has 0 saturated heterocycles. The van der Waals surface area contributed by atoms with Gasteiger partial charge < -0.3 is 10.1 Å². The lowest BCUT2D eigenvalue weighted by Gasteiger charge is -2.19. The van der Waals surface area contributed by atoms with Crippen LogP contribution in [0.2, 0.25) is 0 Å². The number of ether oxygens (including phenoxy) is 1. The van der Waals surface area contributed by atoms with Crippen LogP contribution in [0.3, 0.4) is 0 Å². The highest BCUT2D eigenvalue weighted by Crippen LogP contribution is 2.22. The molecule has 2 rings (SSSR count). The Morgan fingerprint density at radius 3 is 2.47 bits per heavy atom. The summed E-state index contributed by atoms with van der Waals surface area (Å²) in [5.41, 5.74) is 1.06.